The summed E-state index contributed by atoms with van der Waals surface area (Å²) in [6, 6.07) is 11.4. The summed E-state index contributed by atoms with van der Waals surface area (Å²) in [6.07, 6.45) is 4.08. The lowest BCUT2D eigenvalue weighted by Gasteiger charge is -2.28. The molecular formula is C20H23N5O2. The molecule has 1 aromatic carbocycles. The number of carbonyl (C=O) groups excluding carboxylic acids is 1. The Kier molecular flexibility index (Phi) is 4.77. The van der Waals surface area contributed by atoms with E-state index in [1.165, 1.54) is 0 Å². The lowest BCUT2D eigenvalue weighted by molar-refractivity contribution is 0.102. The van der Waals surface area contributed by atoms with Gasteiger partial charge < -0.3 is 15.0 Å². The number of likely N-dealkylation sites (tertiary alicyclic amines) is 1. The van der Waals surface area contributed by atoms with Gasteiger partial charge in [-0.2, -0.15) is 5.10 Å². The van der Waals surface area contributed by atoms with Gasteiger partial charge in [-0.3, -0.25) is 9.48 Å². The van der Waals surface area contributed by atoms with Gasteiger partial charge in [0, 0.05) is 23.7 Å². The maximum absolute atomic E-state index is 12.9. The SMILES string of the molecule is COc1cc(C(=O)Nc2ccn(C3CCN(C)CC3)n2)c2ccccc2n1. The highest BCUT2D eigenvalue weighted by molar-refractivity contribution is 6.12. The number of hydrogen-bond donors (Lipinski definition) is 1. The van der Waals surface area contributed by atoms with Crippen LogP contribution in [0.5, 0.6) is 5.88 Å². The summed E-state index contributed by atoms with van der Waals surface area (Å²) >= 11 is 0. The molecule has 0 aliphatic carbocycles. The Bertz CT molecular complexity index is 960. The normalized spacial score (nSPS) is 15.8. The van der Waals surface area contributed by atoms with Crippen LogP contribution in [-0.2, 0) is 0 Å². The summed E-state index contributed by atoms with van der Waals surface area (Å²) in [5.74, 6) is 0.745. The lowest BCUT2D eigenvalue weighted by atomic mass is 10.1. The molecule has 0 atom stereocenters. The number of amides is 1. The highest BCUT2D eigenvalue weighted by Crippen LogP contribution is 2.24. The van der Waals surface area contributed by atoms with Crippen LogP contribution >= 0.6 is 0 Å². The molecule has 1 N–H and O–H groups in total. The molecule has 0 bridgehead atoms. The van der Waals surface area contributed by atoms with Gasteiger partial charge in [0.15, 0.2) is 5.82 Å². The van der Waals surface area contributed by atoms with Crippen LogP contribution in [0.3, 0.4) is 0 Å². The molecule has 2 aromatic heterocycles. The van der Waals surface area contributed by atoms with E-state index in [0.717, 1.165) is 36.8 Å². The number of benzene rings is 1. The Morgan fingerprint density at radius 2 is 2.00 bits per heavy atom. The molecule has 0 spiro atoms. The number of aromatic nitrogens is 3. The largest absolute Gasteiger partial charge is 0.481 e. The monoisotopic (exact) mass is 365 g/mol. The second-order valence-corrected chi connectivity index (χ2v) is 6.90. The first kappa shape index (κ1) is 17.5. The number of fused-ring (bicyclic) bond motifs is 1. The molecule has 3 aromatic rings. The van der Waals surface area contributed by atoms with Crippen molar-refractivity contribution in [2.24, 2.45) is 0 Å². The predicted molar refractivity (Wildman–Crippen MR) is 104 cm³/mol. The number of ether oxygens (including phenoxy) is 1. The maximum Gasteiger partial charge on any atom is 0.257 e. The molecule has 1 fully saturated rings. The number of nitrogens with zero attached hydrogens (tertiary/aromatic N) is 4. The Morgan fingerprint density at radius 3 is 2.78 bits per heavy atom. The fourth-order valence-electron chi connectivity index (χ4n) is 3.49. The number of anilines is 1. The number of para-hydroxylation sites is 1. The Hall–Kier alpha value is -2.93. The fourth-order valence-corrected chi connectivity index (χ4v) is 3.49. The third kappa shape index (κ3) is 3.64. The third-order valence-corrected chi connectivity index (χ3v) is 5.06. The third-order valence-electron chi connectivity index (χ3n) is 5.06. The molecule has 3 heterocycles. The Labute approximate surface area is 157 Å². The van der Waals surface area contributed by atoms with Crippen molar-refractivity contribution in [3.05, 3.63) is 48.2 Å². The number of piperidine rings is 1. The van der Waals surface area contributed by atoms with E-state index in [-0.39, 0.29) is 5.91 Å². The second-order valence-electron chi connectivity index (χ2n) is 6.90. The minimum Gasteiger partial charge on any atom is -0.481 e. The molecule has 140 valence electrons. The smallest absolute Gasteiger partial charge is 0.257 e. The van der Waals surface area contributed by atoms with Crippen LogP contribution < -0.4 is 10.1 Å². The van der Waals surface area contributed by atoms with E-state index in [9.17, 15) is 4.79 Å². The predicted octanol–water partition coefficient (Wildman–Crippen LogP) is 2.96. The van der Waals surface area contributed by atoms with E-state index in [2.05, 4.69) is 27.3 Å². The number of pyridine rings is 1. The minimum absolute atomic E-state index is 0.222. The van der Waals surface area contributed by atoms with Gasteiger partial charge in [0.25, 0.3) is 5.91 Å². The quantitative estimate of drug-likeness (QED) is 0.770. The molecule has 1 amide bonds. The summed E-state index contributed by atoms with van der Waals surface area (Å²) in [6.45, 7) is 2.13. The number of methoxy groups -OCH3 is 1. The first-order valence-electron chi connectivity index (χ1n) is 9.13. The first-order valence-corrected chi connectivity index (χ1v) is 9.13. The number of hydrogen-bond acceptors (Lipinski definition) is 5. The molecule has 4 rings (SSSR count). The highest BCUT2D eigenvalue weighted by atomic mass is 16.5. The van der Waals surface area contributed by atoms with E-state index in [4.69, 9.17) is 4.74 Å². The van der Waals surface area contributed by atoms with Crippen molar-refractivity contribution in [2.45, 2.75) is 18.9 Å². The van der Waals surface area contributed by atoms with Crippen molar-refractivity contribution in [3.63, 3.8) is 0 Å². The summed E-state index contributed by atoms with van der Waals surface area (Å²) in [5, 5.41) is 8.25. The van der Waals surface area contributed by atoms with Crippen molar-refractivity contribution < 1.29 is 9.53 Å². The summed E-state index contributed by atoms with van der Waals surface area (Å²) in [5.41, 5.74) is 1.24. The van der Waals surface area contributed by atoms with Gasteiger partial charge in [-0.15, -0.1) is 0 Å². The lowest BCUT2D eigenvalue weighted by Crippen LogP contribution is -2.31. The van der Waals surface area contributed by atoms with Gasteiger partial charge in [0.1, 0.15) is 0 Å². The molecule has 0 radical (unpaired) electrons. The molecular weight excluding hydrogens is 342 g/mol. The van der Waals surface area contributed by atoms with Crippen molar-refractivity contribution in [1.29, 1.82) is 0 Å². The van der Waals surface area contributed by atoms with Gasteiger partial charge in [-0.05, 0) is 39.0 Å². The standard InChI is InChI=1S/C20H23N5O2/c1-24-10-7-14(8-11-24)25-12-9-18(23-25)22-20(26)16-13-19(27-2)21-17-6-4-3-5-15(16)17/h3-6,9,12-14H,7-8,10-11H2,1-2H3,(H,22,23,26). The van der Waals surface area contributed by atoms with Gasteiger partial charge in [0.2, 0.25) is 5.88 Å². The Morgan fingerprint density at radius 1 is 1.22 bits per heavy atom. The van der Waals surface area contributed by atoms with E-state index < -0.39 is 0 Å². The van der Waals surface area contributed by atoms with Crippen molar-refractivity contribution in [1.82, 2.24) is 19.7 Å². The van der Waals surface area contributed by atoms with Gasteiger partial charge in [-0.1, -0.05) is 18.2 Å². The molecule has 1 saturated heterocycles. The van der Waals surface area contributed by atoms with Crippen LogP contribution in [0.15, 0.2) is 42.6 Å². The van der Waals surface area contributed by atoms with Crippen LogP contribution in [-0.4, -0.2) is 52.8 Å². The zero-order valence-electron chi connectivity index (χ0n) is 15.6. The van der Waals surface area contributed by atoms with Crippen molar-refractivity contribution in [3.8, 4) is 5.88 Å². The minimum atomic E-state index is -0.222. The van der Waals surface area contributed by atoms with Crippen LogP contribution in [0, 0.1) is 0 Å². The molecule has 1 aliphatic rings. The van der Waals surface area contributed by atoms with Gasteiger partial charge in [0.05, 0.1) is 24.2 Å². The van der Waals surface area contributed by atoms with Crippen molar-refractivity contribution in [2.75, 3.05) is 32.6 Å². The number of nitrogens with one attached hydrogen (secondary N) is 1. The molecule has 7 nitrogen and oxygen atoms in total. The second kappa shape index (κ2) is 7.36. The van der Waals surface area contributed by atoms with Crippen LogP contribution in [0.1, 0.15) is 29.2 Å². The average molecular weight is 365 g/mol. The molecule has 27 heavy (non-hydrogen) atoms. The summed E-state index contributed by atoms with van der Waals surface area (Å²) in [4.78, 5) is 19.6. The van der Waals surface area contributed by atoms with E-state index in [1.807, 2.05) is 41.2 Å². The highest BCUT2D eigenvalue weighted by Gasteiger charge is 2.20. The molecule has 0 saturated carbocycles. The maximum atomic E-state index is 12.9. The van der Waals surface area contributed by atoms with E-state index in [1.54, 1.807) is 13.2 Å². The number of carbonyl (C=O) groups is 1. The van der Waals surface area contributed by atoms with E-state index >= 15 is 0 Å². The summed E-state index contributed by atoms with van der Waals surface area (Å²) in [7, 11) is 3.68. The average Bonchev–Trinajstić information content (AvgIpc) is 3.16. The Balaban J connectivity index is 1.55. The molecule has 0 unspecified atom stereocenters. The fraction of sp³-hybridized carbons (Fsp3) is 0.350. The zero-order chi connectivity index (χ0) is 18.8. The van der Waals surface area contributed by atoms with Gasteiger partial charge >= 0.3 is 0 Å². The molecule has 1 aliphatic heterocycles. The molecule has 7 heteroatoms. The van der Waals surface area contributed by atoms with Crippen molar-refractivity contribution >= 4 is 22.6 Å². The van der Waals surface area contributed by atoms with E-state index in [0.29, 0.717) is 23.3 Å². The summed E-state index contributed by atoms with van der Waals surface area (Å²) < 4.78 is 7.21. The zero-order valence-corrected chi connectivity index (χ0v) is 15.6. The van der Waals surface area contributed by atoms with Crippen LogP contribution in [0.4, 0.5) is 5.82 Å². The van der Waals surface area contributed by atoms with Crippen LogP contribution in [0.2, 0.25) is 0 Å². The number of rotatable bonds is 4. The topological polar surface area (TPSA) is 72.3 Å². The van der Waals surface area contributed by atoms with Gasteiger partial charge in [-0.25, -0.2) is 4.98 Å². The van der Waals surface area contributed by atoms with Crippen LogP contribution in [0.25, 0.3) is 10.9 Å². The first-order chi connectivity index (χ1) is 13.1.